The minimum Gasteiger partial charge on any atom is -0.478 e. The van der Waals surface area contributed by atoms with Gasteiger partial charge in [-0.05, 0) is 67.8 Å². The number of pyridine rings is 2. The minimum atomic E-state index is -0.964. The van der Waals surface area contributed by atoms with Crippen LogP contribution in [0, 0.1) is 0 Å². The van der Waals surface area contributed by atoms with Gasteiger partial charge in [0.2, 0.25) is 0 Å². The van der Waals surface area contributed by atoms with Crippen molar-refractivity contribution in [3.05, 3.63) is 83.8 Å². The highest BCUT2D eigenvalue weighted by Crippen LogP contribution is 2.19. The summed E-state index contributed by atoms with van der Waals surface area (Å²) < 4.78 is 5.59. The summed E-state index contributed by atoms with van der Waals surface area (Å²) in [5.74, 6) is 0.535. The van der Waals surface area contributed by atoms with E-state index in [9.17, 15) is 9.59 Å². The third kappa shape index (κ3) is 7.79. The molecular formula is C27H30N4O4S. The molecule has 1 aliphatic rings. The molecule has 0 atom stereocenters. The lowest BCUT2D eigenvalue weighted by molar-refractivity contribution is 0.0696. The Morgan fingerprint density at radius 1 is 0.944 bits per heavy atom. The van der Waals surface area contributed by atoms with Gasteiger partial charge in [-0.15, -0.1) is 11.8 Å². The molecule has 0 aliphatic carbocycles. The van der Waals surface area contributed by atoms with Crippen molar-refractivity contribution >= 4 is 23.8 Å². The number of hydrogen-bond acceptors (Lipinski definition) is 7. The molecule has 1 fully saturated rings. The molecule has 188 valence electrons. The zero-order valence-electron chi connectivity index (χ0n) is 20.1. The van der Waals surface area contributed by atoms with Crippen molar-refractivity contribution in [2.24, 2.45) is 0 Å². The number of carboxylic acid groups (broad SMARTS) is 1. The number of carbonyl (C=O) groups excluding carboxylic acids is 1. The lowest BCUT2D eigenvalue weighted by Crippen LogP contribution is -2.49. The molecule has 1 saturated heterocycles. The Morgan fingerprint density at radius 2 is 1.75 bits per heavy atom. The fourth-order valence-electron chi connectivity index (χ4n) is 3.93. The van der Waals surface area contributed by atoms with E-state index in [1.165, 1.54) is 11.8 Å². The molecule has 4 rings (SSSR count). The van der Waals surface area contributed by atoms with Crippen molar-refractivity contribution in [3.63, 3.8) is 0 Å². The van der Waals surface area contributed by atoms with Crippen LogP contribution in [-0.4, -0.2) is 75.4 Å². The van der Waals surface area contributed by atoms with Gasteiger partial charge < -0.3 is 14.7 Å². The van der Waals surface area contributed by atoms with Gasteiger partial charge in [-0.3, -0.25) is 9.88 Å². The molecule has 0 bridgehead atoms. The Morgan fingerprint density at radius 3 is 2.42 bits per heavy atom. The van der Waals surface area contributed by atoms with Gasteiger partial charge in [0.1, 0.15) is 5.75 Å². The topological polar surface area (TPSA) is 95.9 Å². The van der Waals surface area contributed by atoms with Crippen molar-refractivity contribution in [1.82, 2.24) is 19.8 Å². The van der Waals surface area contributed by atoms with E-state index < -0.39 is 5.97 Å². The van der Waals surface area contributed by atoms with E-state index in [1.807, 2.05) is 42.5 Å². The molecule has 36 heavy (non-hydrogen) atoms. The summed E-state index contributed by atoms with van der Waals surface area (Å²) in [5.41, 5.74) is 2.29. The molecule has 3 aromatic rings. The van der Waals surface area contributed by atoms with Crippen molar-refractivity contribution in [2.45, 2.75) is 24.3 Å². The van der Waals surface area contributed by atoms with Crippen LogP contribution in [0.1, 0.15) is 28.0 Å². The SMILES string of the molecule is O=C(O)c1ccc(CCCN2CCN(C(=O)Oc3ccc(CCSc4ccccn4)cc3)CC2)nc1. The predicted octanol–water partition coefficient (Wildman–Crippen LogP) is 4.26. The molecule has 1 amide bonds. The molecule has 2 aromatic heterocycles. The van der Waals surface area contributed by atoms with Gasteiger partial charge in [0.05, 0.1) is 10.6 Å². The van der Waals surface area contributed by atoms with Crippen LogP contribution < -0.4 is 4.74 Å². The summed E-state index contributed by atoms with van der Waals surface area (Å²) in [5, 5.41) is 9.97. The van der Waals surface area contributed by atoms with Gasteiger partial charge in [-0.2, -0.15) is 0 Å². The number of aromatic carboxylic acids is 1. The van der Waals surface area contributed by atoms with Crippen LogP contribution in [0.15, 0.2) is 72.0 Å². The Balaban J connectivity index is 1.13. The van der Waals surface area contributed by atoms with Crippen LogP contribution in [0.3, 0.4) is 0 Å². The highest BCUT2D eigenvalue weighted by atomic mass is 32.2. The molecule has 0 saturated carbocycles. The maximum absolute atomic E-state index is 12.6. The number of ether oxygens (including phenoxy) is 1. The first kappa shape index (κ1) is 25.7. The Kier molecular flexibility index (Phi) is 9.29. The maximum Gasteiger partial charge on any atom is 0.415 e. The van der Waals surface area contributed by atoms with Crippen LogP contribution in [0.25, 0.3) is 0 Å². The second kappa shape index (κ2) is 13.0. The number of aromatic nitrogens is 2. The normalized spacial score (nSPS) is 13.9. The third-order valence-corrected chi connectivity index (χ3v) is 6.96. The highest BCUT2D eigenvalue weighted by Gasteiger charge is 2.22. The van der Waals surface area contributed by atoms with Crippen LogP contribution in [0.2, 0.25) is 0 Å². The summed E-state index contributed by atoms with van der Waals surface area (Å²) in [4.78, 5) is 36.1. The van der Waals surface area contributed by atoms with Gasteiger partial charge in [-0.25, -0.2) is 14.6 Å². The largest absolute Gasteiger partial charge is 0.478 e. The van der Waals surface area contributed by atoms with E-state index >= 15 is 0 Å². The number of carboxylic acids is 1. The van der Waals surface area contributed by atoms with Gasteiger partial charge in [-0.1, -0.05) is 18.2 Å². The molecule has 0 radical (unpaired) electrons. The van der Waals surface area contributed by atoms with E-state index in [0.29, 0.717) is 18.8 Å². The molecule has 9 heteroatoms. The smallest absolute Gasteiger partial charge is 0.415 e. The van der Waals surface area contributed by atoms with Crippen molar-refractivity contribution < 1.29 is 19.4 Å². The standard InChI is InChI=1S/C27H30N4O4S/c32-26(33)22-8-9-23(29-20-22)4-3-14-30-15-17-31(18-16-30)27(34)35-24-10-6-21(7-11-24)12-19-36-25-5-1-2-13-28-25/h1-2,5-11,13,20H,3-4,12,14-19H2,(H,32,33). The predicted molar refractivity (Wildman–Crippen MR) is 139 cm³/mol. The molecule has 0 spiro atoms. The summed E-state index contributed by atoms with van der Waals surface area (Å²) in [7, 11) is 0. The number of amides is 1. The molecule has 1 aliphatic heterocycles. The number of thioether (sulfide) groups is 1. The van der Waals surface area contributed by atoms with Gasteiger partial charge in [0.15, 0.2) is 0 Å². The monoisotopic (exact) mass is 506 g/mol. The van der Waals surface area contributed by atoms with Gasteiger partial charge in [0, 0.05) is 50.0 Å². The second-order valence-electron chi connectivity index (χ2n) is 8.55. The number of benzene rings is 1. The lowest BCUT2D eigenvalue weighted by atomic mass is 10.2. The first-order chi connectivity index (χ1) is 17.6. The number of nitrogens with zero attached hydrogens (tertiary/aromatic N) is 4. The zero-order valence-corrected chi connectivity index (χ0v) is 20.9. The van der Waals surface area contributed by atoms with E-state index in [0.717, 1.165) is 55.4 Å². The highest BCUT2D eigenvalue weighted by molar-refractivity contribution is 7.99. The van der Waals surface area contributed by atoms with Crippen LogP contribution in [-0.2, 0) is 12.8 Å². The molecule has 0 unspecified atom stereocenters. The minimum absolute atomic E-state index is 0.202. The number of carbonyl (C=O) groups is 2. The molecular weight excluding hydrogens is 476 g/mol. The molecule has 1 N–H and O–H groups in total. The lowest BCUT2D eigenvalue weighted by Gasteiger charge is -2.34. The van der Waals surface area contributed by atoms with E-state index in [4.69, 9.17) is 9.84 Å². The number of piperazine rings is 1. The fourth-order valence-corrected chi connectivity index (χ4v) is 4.79. The van der Waals surface area contributed by atoms with Gasteiger partial charge in [0.25, 0.3) is 0 Å². The third-order valence-electron chi connectivity index (χ3n) is 6.02. The van der Waals surface area contributed by atoms with E-state index in [1.54, 1.807) is 35.0 Å². The van der Waals surface area contributed by atoms with Crippen molar-refractivity contribution in [2.75, 3.05) is 38.5 Å². The Bertz CT molecular complexity index is 1120. The zero-order chi connectivity index (χ0) is 25.2. The van der Waals surface area contributed by atoms with Crippen molar-refractivity contribution in [1.29, 1.82) is 0 Å². The first-order valence-corrected chi connectivity index (χ1v) is 13.1. The average molecular weight is 507 g/mol. The summed E-state index contributed by atoms with van der Waals surface area (Å²) in [6, 6.07) is 17.0. The Hall–Kier alpha value is -3.43. The van der Waals surface area contributed by atoms with E-state index in [2.05, 4.69) is 14.9 Å². The average Bonchev–Trinajstić information content (AvgIpc) is 2.91. The van der Waals surface area contributed by atoms with Crippen LogP contribution >= 0.6 is 11.8 Å². The molecule has 1 aromatic carbocycles. The Labute approximate surface area is 215 Å². The van der Waals surface area contributed by atoms with Crippen LogP contribution in [0.4, 0.5) is 4.79 Å². The fraction of sp³-hybridized carbons (Fsp3) is 0.333. The first-order valence-electron chi connectivity index (χ1n) is 12.1. The summed E-state index contributed by atoms with van der Waals surface area (Å²) in [6.07, 6.45) is 5.53. The number of aryl methyl sites for hydroxylation is 2. The molecule has 8 nitrogen and oxygen atoms in total. The van der Waals surface area contributed by atoms with Crippen molar-refractivity contribution in [3.8, 4) is 5.75 Å². The summed E-state index contributed by atoms with van der Waals surface area (Å²) >= 11 is 1.72. The molecule has 3 heterocycles. The quantitative estimate of drug-likeness (QED) is 0.408. The maximum atomic E-state index is 12.6. The number of rotatable bonds is 10. The van der Waals surface area contributed by atoms with E-state index in [-0.39, 0.29) is 11.7 Å². The van der Waals surface area contributed by atoms with Gasteiger partial charge >= 0.3 is 12.1 Å². The van der Waals surface area contributed by atoms with Crippen LogP contribution in [0.5, 0.6) is 5.75 Å². The summed E-state index contributed by atoms with van der Waals surface area (Å²) in [6.45, 7) is 3.77. The number of hydrogen-bond donors (Lipinski definition) is 1. The second-order valence-corrected chi connectivity index (χ2v) is 9.67.